The highest BCUT2D eigenvalue weighted by Gasteiger charge is 2.10. The number of rotatable bonds is 7. The Balaban J connectivity index is 1.47. The van der Waals surface area contributed by atoms with E-state index in [1.54, 1.807) is 6.08 Å². The van der Waals surface area contributed by atoms with E-state index < -0.39 is 0 Å². The van der Waals surface area contributed by atoms with E-state index in [9.17, 15) is 5.11 Å². The molecule has 3 N–H and O–H groups in total. The predicted molar refractivity (Wildman–Crippen MR) is 144 cm³/mol. The molecule has 1 aromatic heterocycles. The first-order chi connectivity index (χ1) is 16.0. The number of hydrogen-bond donors (Lipinski definition) is 3. The molecular weight excluding hydrogens is 424 g/mol. The summed E-state index contributed by atoms with van der Waals surface area (Å²) in [5, 5.41) is 11.3. The molecule has 4 heteroatoms. The van der Waals surface area contributed by atoms with Gasteiger partial charge in [0, 0.05) is 21.9 Å². The SMILES string of the molecule is C/C=C(/O)c1ccccc1CC[C@@H](S)c1cccc(/C=C/c2ccc3ccc(N)cc3n2)c1. The van der Waals surface area contributed by atoms with Gasteiger partial charge in [-0.2, -0.15) is 12.6 Å². The van der Waals surface area contributed by atoms with Crippen molar-refractivity contribution in [1.82, 2.24) is 4.98 Å². The lowest BCUT2D eigenvalue weighted by molar-refractivity contribution is 0.509. The minimum absolute atomic E-state index is 0.0981. The number of aryl methyl sites for hydroxylation is 1. The van der Waals surface area contributed by atoms with Gasteiger partial charge < -0.3 is 10.8 Å². The molecule has 1 atom stereocenters. The fraction of sp³-hybridized carbons (Fsp3) is 0.138. The van der Waals surface area contributed by atoms with E-state index in [2.05, 4.69) is 42.5 Å². The molecule has 0 spiro atoms. The molecular formula is C29H28N2OS. The summed E-state index contributed by atoms with van der Waals surface area (Å²) in [6.45, 7) is 1.84. The number of nitrogens with zero attached hydrogens (tertiary/aromatic N) is 1. The molecule has 0 unspecified atom stereocenters. The van der Waals surface area contributed by atoms with E-state index in [1.807, 2.05) is 55.5 Å². The van der Waals surface area contributed by atoms with Gasteiger partial charge in [-0.25, -0.2) is 4.98 Å². The third-order valence-electron chi connectivity index (χ3n) is 5.73. The number of anilines is 1. The van der Waals surface area contributed by atoms with Gasteiger partial charge >= 0.3 is 0 Å². The zero-order chi connectivity index (χ0) is 23.2. The standard InChI is InChI=1S/C29H28N2OS/c1-2-28(32)26-9-4-3-7-21(26)13-17-29(33)23-8-5-6-20(18-23)10-15-25-16-12-22-11-14-24(30)19-27(22)31-25/h2-12,14-16,18-19,29,32-33H,13,17,30H2,1H3/b15-10+,28-2+/t29-/m1/s1. The number of hydrogen-bond acceptors (Lipinski definition) is 4. The summed E-state index contributed by atoms with van der Waals surface area (Å²) >= 11 is 4.87. The van der Waals surface area contributed by atoms with Crippen molar-refractivity contribution >= 4 is 47.1 Å². The third-order valence-corrected chi connectivity index (χ3v) is 6.29. The van der Waals surface area contributed by atoms with Gasteiger partial charge in [-0.05, 0) is 66.8 Å². The van der Waals surface area contributed by atoms with E-state index >= 15 is 0 Å². The lowest BCUT2D eigenvalue weighted by Gasteiger charge is -2.14. The summed E-state index contributed by atoms with van der Waals surface area (Å²) in [6, 6.07) is 26.3. The smallest absolute Gasteiger partial charge is 0.118 e. The molecule has 4 rings (SSSR count). The van der Waals surface area contributed by atoms with Gasteiger partial charge in [0.1, 0.15) is 5.76 Å². The molecule has 3 aromatic carbocycles. The molecule has 1 heterocycles. The maximum atomic E-state index is 10.2. The molecule has 166 valence electrons. The minimum Gasteiger partial charge on any atom is -0.508 e. The van der Waals surface area contributed by atoms with E-state index in [-0.39, 0.29) is 5.25 Å². The lowest BCUT2D eigenvalue weighted by atomic mass is 9.97. The van der Waals surface area contributed by atoms with Crippen molar-refractivity contribution in [2.24, 2.45) is 0 Å². The predicted octanol–water partition coefficient (Wildman–Crippen LogP) is 7.51. The fourth-order valence-corrected chi connectivity index (χ4v) is 4.19. The largest absolute Gasteiger partial charge is 0.508 e. The van der Waals surface area contributed by atoms with Crippen LogP contribution in [0.5, 0.6) is 0 Å². The number of nitrogen functional groups attached to an aromatic ring is 1. The summed E-state index contributed by atoms with van der Waals surface area (Å²) in [5.41, 5.74) is 12.7. The van der Waals surface area contributed by atoms with Gasteiger partial charge in [0.15, 0.2) is 0 Å². The van der Waals surface area contributed by atoms with E-state index in [0.29, 0.717) is 11.4 Å². The first-order valence-electron chi connectivity index (χ1n) is 11.1. The first kappa shape index (κ1) is 22.7. The van der Waals surface area contributed by atoms with Gasteiger partial charge in [0.25, 0.3) is 0 Å². The van der Waals surface area contributed by atoms with Crippen LogP contribution in [0.15, 0.2) is 84.9 Å². The Hall–Kier alpha value is -3.50. The average molecular weight is 453 g/mol. The van der Waals surface area contributed by atoms with Gasteiger partial charge in [0.05, 0.1) is 11.2 Å². The number of fused-ring (bicyclic) bond motifs is 1. The van der Waals surface area contributed by atoms with Crippen LogP contribution < -0.4 is 5.73 Å². The first-order valence-corrected chi connectivity index (χ1v) is 11.6. The normalized spacial score (nSPS) is 13.0. The van der Waals surface area contributed by atoms with Gasteiger partial charge in [-0.15, -0.1) is 0 Å². The number of aliphatic hydroxyl groups excluding tert-OH is 1. The highest BCUT2D eigenvalue weighted by Crippen LogP contribution is 2.28. The maximum absolute atomic E-state index is 10.2. The topological polar surface area (TPSA) is 59.1 Å². The number of thiol groups is 1. The third kappa shape index (κ3) is 5.65. The minimum atomic E-state index is 0.0981. The monoisotopic (exact) mass is 452 g/mol. The molecule has 0 fully saturated rings. The van der Waals surface area contributed by atoms with Crippen molar-refractivity contribution in [3.05, 3.63) is 113 Å². The molecule has 0 bridgehead atoms. The van der Waals surface area contributed by atoms with Crippen molar-refractivity contribution in [2.45, 2.75) is 25.0 Å². The van der Waals surface area contributed by atoms with Crippen LogP contribution in [0.1, 0.15) is 46.5 Å². The molecule has 0 saturated heterocycles. The molecule has 0 aliphatic heterocycles. The zero-order valence-electron chi connectivity index (χ0n) is 18.6. The quantitative estimate of drug-likeness (QED) is 0.154. The molecule has 0 radical (unpaired) electrons. The second kappa shape index (κ2) is 10.4. The van der Waals surface area contributed by atoms with E-state index in [4.69, 9.17) is 23.3 Å². The number of aromatic nitrogens is 1. The van der Waals surface area contributed by atoms with Crippen LogP contribution in [0.3, 0.4) is 0 Å². The van der Waals surface area contributed by atoms with Gasteiger partial charge in [-0.1, -0.05) is 66.7 Å². The van der Waals surface area contributed by atoms with Crippen LogP contribution in [0.25, 0.3) is 28.8 Å². The average Bonchev–Trinajstić information content (AvgIpc) is 2.85. The molecule has 0 amide bonds. The molecule has 0 aliphatic rings. The van der Waals surface area contributed by atoms with Crippen LogP contribution in [-0.4, -0.2) is 10.1 Å². The summed E-state index contributed by atoms with van der Waals surface area (Å²) in [6.07, 6.45) is 7.53. The van der Waals surface area contributed by atoms with Gasteiger partial charge in [0.2, 0.25) is 0 Å². The summed E-state index contributed by atoms with van der Waals surface area (Å²) in [7, 11) is 0. The Labute approximate surface area is 200 Å². The van der Waals surface area contributed by atoms with E-state index in [0.717, 1.165) is 46.1 Å². The Morgan fingerprint density at radius 1 is 1.00 bits per heavy atom. The fourth-order valence-electron chi connectivity index (χ4n) is 3.90. The Morgan fingerprint density at radius 3 is 2.67 bits per heavy atom. The molecule has 4 aromatic rings. The van der Waals surface area contributed by atoms with Crippen molar-refractivity contribution in [2.75, 3.05) is 5.73 Å². The summed E-state index contributed by atoms with van der Waals surface area (Å²) < 4.78 is 0. The Bertz CT molecular complexity index is 1330. The maximum Gasteiger partial charge on any atom is 0.118 e. The molecule has 33 heavy (non-hydrogen) atoms. The second-order valence-corrected chi connectivity index (χ2v) is 8.70. The van der Waals surface area contributed by atoms with Crippen LogP contribution in [-0.2, 0) is 6.42 Å². The van der Waals surface area contributed by atoms with Gasteiger partial charge in [-0.3, -0.25) is 0 Å². The van der Waals surface area contributed by atoms with Crippen molar-refractivity contribution < 1.29 is 5.11 Å². The Morgan fingerprint density at radius 2 is 1.82 bits per heavy atom. The molecule has 0 saturated carbocycles. The highest BCUT2D eigenvalue weighted by atomic mass is 32.1. The number of allylic oxidation sites excluding steroid dienone is 1. The zero-order valence-corrected chi connectivity index (χ0v) is 19.5. The Kier molecular flexibility index (Phi) is 7.16. The number of pyridine rings is 1. The number of aliphatic hydroxyl groups is 1. The second-order valence-electron chi connectivity index (χ2n) is 8.08. The van der Waals surface area contributed by atoms with Crippen LogP contribution in [0, 0.1) is 0 Å². The van der Waals surface area contributed by atoms with Crippen LogP contribution >= 0.6 is 12.6 Å². The van der Waals surface area contributed by atoms with Crippen LogP contribution in [0.2, 0.25) is 0 Å². The lowest BCUT2D eigenvalue weighted by Crippen LogP contribution is -1.98. The molecule has 0 aliphatic carbocycles. The van der Waals surface area contributed by atoms with Crippen LogP contribution in [0.4, 0.5) is 5.69 Å². The number of benzene rings is 3. The summed E-state index contributed by atoms with van der Waals surface area (Å²) in [4.78, 5) is 4.69. The van der Waals surface area contributed by atoms with E-state index in [1.165, 1.54) is 5.56 Å². The van der Waals surface area contributed by atoms with Crippen molar-refractivity contribution in [3.8, 4) is 0 Å². The van der Waals surface area contributed by atoms with Crippen molar-refractivity contribution in [1.29, 1.82) is 0 Å². The number of nitrogens with two attached hydrogens (primary N) is 1. The molecule has 3 nitrogen and oxygen atoms in total. The van der Waals surface area contributed by atoms with Crippen molar-refractivity contribution in [3.63, 3.8) is 0 Å². The highest BCUT2D eigenvalue weighted by molar-refractivity contribution is 7.80. The summed E-state index contributed by atoms with van der Waals surface area (Å²) in [5.74, 6) is 0.318.